The second kappa shape index (κ2) is 10.8. The molecule has 0 spiro atoms. The van der Waals surface area contributed by atoms with Gasteiger partial charge in [-0.1, -0.05) is 0 Å². The number of carbonyl (C=O) groups is 1. The van der Waals surface area contributed by atoms with Crippen LogP contribution < -0.4 is 16.0 Å². The summed E-state index contributed by atoms with van der Waals surface area (Å²) in [5.74, 6) is -2.10. The number of hydrogen-bond donors (Lipinski definition) is 3. The summed E-state index contributed by atoms with van der Waals surface area (Å²) in [4.78, 5) is 23.0. The van der Waals surface area contributed by atoms with Crippen molar-refractivity contribution in [3.8, 4) is 0 Å². The van der Waals surface area contributed by atoms with Gasteiger partial charge in [-0.05, 0) is 57.4 Å². The Balaban J connectivity index is 1.36. The standard InChI is InChI=1S/C23H34F4N6O2/c24-20-21(29-9-15-7-8-32(11-18(15)34)12-19(28)35)30-13-31-22(20)33(17-5-6-17)10-14-1-3-16(4-2-14)23(25,26)27/h13-18,34H,1-12H2,(H2,28,35)(H,29,30,31)/t14?,15-,16?,18+/m1/s1. The fraction of sp³-hybridized carbons (Fsp3) is 0.783. The zero-order valence-corrected chi connectivity index (χ0v) is 19.7. The third kappa shape index (κ3) is 6.72. The van der Waals surface area contributed by atoms with E-state index in [1.807, 2.05) is 4.90 Å². The molecule has 2 heterocycles. The van der Waals surface area contributed by atoms with Gasteiger partial charge in [-0.15, -0.1) is 0 Å². The van der Waals surface area contributed by atoms with Gasteiger partial charge in [-0.3, -0.25) is 9.69 Å². The van der Waals surface area contributed by atoms with E-state index in [0.717, 1.165) is 12.8 Å². The van der Waals surface area contributed by atoms with Crippen LogP contribution in [0.1, 0.15) is 44.9 Å². The predicted octanol–water partition coefficient (Wildman–Crippen LogP) is 2.53. The van der Waals surface area contributed by atoms with Gasteiger partial charge >= 0.3 is 6.18 Å². The van der Waals surface area contributed by atoms with Gasteiger partial charge in [-0.2, -0.15) is 17.6 Å². The Bertz CT molecular complexity index is 876. The second-order valence-electron chi connectivity index (χ2n) is 10.2. The largest absolute Gasteiger partial charge is 0.391 e. The number of likely N-dealkylation sites (tertiary alicyclic amines) is 1. The van der Waals surface area contributed by atoms with Crippen molar-refractivity contribution in [1.29, 1.82) is 0 Å². The number of β-amino-alcohol motifs (C(OH)–C–C–N with tert-alkyl or cyclic N) is 1. The lowest BCUT2D eigenvalue weighted by atomic mass is 9.81. The van der Waals surface area contributed by atoms with Crippen molar-refractivity contribution in [3.05, 3.63) is 12.1 Å². The van der Waals surface area contributed by atoms with Crippen molar-refractivity contribution >= 4 is 17.5 Å². The Kier molecular flexibility index (Phi) is 7.99. The highest BCUT2D eigenvalue weighted by Gasteiger charge is 2.42. The number of hydrogen-bond acceptors (Lipinski definition) is 7. The molecule has 1 aromatic rings. The smallest absolute Gasteiger partial charge is 0.391 e. The maximum absolute atomic E-state index is 15.4. The lowest BCUT2D eigenvalue weighted by Gasteiger charge is -2.35. The highest BCUT2D eigenvalue weighted by molar-refractivity contribution is 5.75. The number of nitrogens with two attached hydrogens (primary N) is 1. The molecule has 35 heavy (non-hydrogen) atoms. The average Bonchev–Trinajstić information content (AvgIpc) is 3.63. The molecule has 3 fully saturated rings. The molecule has 196 valence electrons. The Labute approximate surface area is 202 Å². The third-order valence-corrected chi connectivity index (χ3v) is 7.51. The normalized spacial score (nSPS) is 28.0. The van der Waals surface area contributed by atoms with E-state index in [9.17, 15) is 23.1 Å². The minimum Gasteiger partial charge on any atom is -0.391 e. The van der Waals surface area contributed by atoms with Crippen LogP contribution in [0.2, 0.25) is 0 Å². The fourth-order valence-corrected chi connectivity index (χ4v) is 5.30. The first-order chi connectivity index (χ1) is 16.6. The Morgan fingerprint density at radius 1 is 1.17 bits per heavy atom. The summed E-state index contributed by atoms with van der Waals surface area (Å²) < 4.78 is 54.5. The number of aromatic nitrogens is 2. The monoisotopic (exact) mass is 502 g/mol. The highest BCUT2D eigenvalue weighted by atomic mass is 19.4. The van der Waals surface area contributed by atoms with Crippen LogP contribution in [0.3, 0.4) is 0 Å². The van der Waals surface area contributed by atoms with Crippen molar-refractivity contribution in [2.75, 3.05) is 42.9 Å². The summed E-state index contributed by atoms with van der Waals surface area (Å²) in [6, 6.07) is 0.143. The summed E-state index contributed by atoms with van der Waals surface area (Å²) in [6.07, 6.45) is 0.0636. The van der Waals surface area contributed by atoms with Crippen molar-refractivity contribution in [2.45, 2.75) is 63.3 Å². The van der Waals surface area contributed by atoms with Crippen LogP contribution in [0.25, 0.3) is 0 Å². The van der Waals surface area contributed by atoms with E-state index < -0.39 is 29.9 Å². The van der Waals surface area contributed by atoms with Crippen molar-refractivity contribution < 1.29 is 27.5 Å². The van der Waals surface area contributed by atoms with Crippen molar-refractivity contribution in [1.82, 2.24) is 14.9 Å². The van der Waals surface area contributed by atoms with Crippen LogP contribution in [0.5, 0.6) is 0 Å². The van der Waals surface area contributed by atoms with Gasteiger partial charge in [0, 0.05) is 31.6 Å². The number of aliphatic hydroxyl groups excluding tert-OH is 1. The summed E-state index contributed by atoms with van der Waals surface area (Å²) in [5.41, 5.74) is 5.22. The zero-order chi connectivity index (χ0) is 25.2. The van der Waals surface area contributed by atoms with Gasteiger partial charge in [0.2, 0.25) is 11.7 Å². The molecule has 2 atom stereocenters. The first-order valence-corrected chi connectivity index (χ1v) is 12.4. The van der Waals surface area contributed by atoms with Crippen LogP contribution in [0.4, 0.5) is 29.2 Å². The van der Waals surface area contributed by atoms with Crippen LogP contribution >= 0.6 is 0 Å². The van der Waals surface area contributed by atoms with Gasteiger partial charge in [0.1, 0.15) is 6.33 Å². The van der Waals surface area contributed by atoms with Crippen molar-refractivity contribution in [2.24, 2.45) is 23.5 Å². The molecule has 0 radical (unpaired) electrons. The van der Waals surface area contributed by atoms with Crippen molar-refractivity contribution in [3.63, 3.8) is 0 Å². The van der Waals surface area contributed by atoms with Crippen LogP contribution in [-0.4, -0.2) is 76.9 Å². The number of nitrogens with zero attached hydrogens (tertiary/aromatic N) is 4. The first-order valence-electron chi connectivity index (χ1n) is 12.4. The summed E-state index contributed by atoms with van der Waals surface area (Å²) in [7, 11) is 0. The van der Waals surface area contributed by atoms with E-state index in [1.54, 1.807) is 4.90 Å². The molecule has 2 saturated carbocycles. The first kappa shape index (κ1) is 25.9. The maximum atomic E-state index is 15.4. The molecule has 12 heteroatoms. The molecule has 8 nitrogen and oxygen atoms in total. The molecule has 4 N–H and O–H groups in total. The van der Waals surface area contributed by atoms with Gasteiger partial charge < -0.3 is 21.1 Å². The van der Waals surface area contributed by atoms with E-state index in [2.05, 4.69) is 15.3 Å². The minimum absolute atomic E-state index is 0.0493. The summed E-state index contributed by atoms with van der Waals surface area (Å²) in [6.45, 7) is 1.81. The Hall–Kier alpha value is -2.21. The number of piperidine rings is 1. The molecule has 0 unspecified atom stereocenters. The van der Waals surface area contributed by atoms with E-state index in [-0.39, 0.29) is 48.9 Å². The summed E-state index contributed by atoms with van der Waals surface area (Å²) in [5, 5.41) is 13.4. The number of halogens is 4. The summed E-state index contributed by atoms with van der Waals surface area (Å²) >= 11 is 0. The van der Waals surface area contributed by atoms with Gasteiger partial charge in [-0.25, -0.2) is 9.97 Å². The van der Waals surface area contributed by atoms with Gasteiger partial charge in [0.25, 0.3) is 0 Å². The van der Waals surface area contributed by atoms with Gasteiger partial charge in [0.15, 0.2) is 11.6 Å². The molecular weight excluding hydrogens is 468 g/mol. The fourth-order valence-electron chi connectivity index (χ4n) is 5.30. The van der Waals surface area contributed by atoms with E-state index >= 15 is 4.39 Å². The van der Waals surface area contributed by atoms with Gasteiger partial charge in [0.05, 0.1) is 18.6 Å². The molecular formula is C23H34F4N6O2. The molecule has 0 bridgehead atoms. The van der Waals surface area contributed by atoms with Crippen LogP contribution in [0, 0.1) is 23.6 Å². The number of anilines is 2. The van der Waals surface area contributed by atoms with Crippen LogP contribution in [-0.2, 0) is 4.79 Å². The van der Waals surface area contributed by atoms with E-state index in [4.69, 9.17) is 5.73 Å². The number of nitrogens with one attached hydrogen (secondary N) is 1. The number of alkyl halides is 3. The molecule has 1 amide bonds. The molecule has 4 rings (SSSR count). The number of carbonyl (C=O) groups excluding carboxylic acids is 1. The molecule has 3 aliphatic rings. The van der Waals surface area contributed by atoms with Crippen LogP contribution in [0.15, 0.2) is 6.33 Å². The molecule has 1 aliphatic heterocycles. The SMILES string of the molecule is NC(=O)CN1CC[C@H](CNc2ncnc(N(CC3CCC(C(F)(F)F)CC3)C3CC3)c2F)[C@@H](O)C1. The highest BCUT2D eigenvalue weighted by Crippen LogP contribution is 2.41. The minimum atomic E-state index is -4.15. The molecule has 0 aromatic carbocycles. The number of aliphatic hydroxyl groups is 1. The topological polar surface area (TPSA) is 108 Å². The Morgan fingerprint density at radius 3 is 2.49 bits per heavy atom. The number of primary amides is 1. The lowest BCUT2D eigenvalue weighted by Crippen LogP contribution is -2.48. The quantitative estimate of drug-likeness (QED) is 0.446. The second-order valence-corrected chi connectivity index (χ2v) is 10.2. The maximum Gasteiger partial charge on any atom is 0.391 e. The predicted molar refractivity (Wildman–Crippen MR) is 122 cm³/mol. The Morgan fingerprint density at radius 2 is 1.89 bits per heavy atom. The average molecular weight is 503 g/mol. The number of rotatable bonds is 9. The molecule has 1 aromatic heterocycles. The zero-order valence-electron chi connectivity index (χ0n) is 19.7. The lowest BCUT2D eigenvalue weighted by molar-refractivity contribution is -0.183. The van der Waals surface area contributed by atoms with E-state index in [1.165, 1.54) is 6.33 Å². The molecule has 2 aliphatic carbocycles. The third-order valence-electron chi connectivity index (χ3n) is 7.51. The number of amides is 1. The van der Waals surface area contributed by atoms with E-state index in [0.29, 0.717) is 45.4 Å². The molecule has 1 saturated heterocycles.